The van der Waals surface area contributed by atoms with Crippen LogP contribution < -0.4 is 0 Å². The van der Waals surface area contributed by atoms with Crippen molar-refractivity contribution in [1.82, 2.24) is 14.7 Å². The minimum absolute atomic E-state index is 0.0466. The number of hydrogen-bond donors (Lipinski definition) is 1. The minimum Gasteiger partial charge on any atom is -0.391 e. The highest BCUT2D eigenvalue weighted by Crippen LogP contribution is 2.13. The highest BCUT2D eigenvalue weighted by atomic mass is 16.3. The molecule has 1 aromatic heterocycles. The standard InChI is InChI=1S/C10H15N3O2/c1-7-5-9(12(2)11-7)10(15)13-4-3-8(14)6-13/h5,8,14H,3-4,6H2,1-2H3/t8-/m1/s1. The molecule has 0 unspecified atom stereocenters. The lowest BCUT2D eigenvalue weighted by atomic mass is 10.3. The van der Waals surface area contributed by atoms with E-state index in [9.17, 15) is 9.90 Å². The molecule has 1 aliphatic heterocycles. The van der Waals surface area contributed by atoms with Gasteiger partial charge < -0.3 is 10.0 Å². The molecule has 1 N–H and O–H groups in total. The van der Waals surface area contributed by atoms with Gasteiger partial charge in [-0.3, -0.25) is 9.48 Å². The zero-order valence-corrected chi connectivity index (χ0v) is 8.97. The molecule has 0 spiro atoms. The summed E-state index contributed by atoms with van der Waals surface area (Å²) >= 11 is 0. The van der Waals surface area contributed by atoms with Crippen molar-refractivity contribution in [1.29, 1.82) is 0 Å². The van der Waals surface area contributed by atoms with Crippen molar-refractivity contribution in [3.8, 4) is 0 Å². The second-order valence-electron chi connectivity index (χ2n) is 3.99. The summed E-state index contributed by atoms with van der Waals surface area (Å²) in [5, 5.41) is 13.5. The van der Waals surface area contributed by atoms with Gasteiger partial charge in [-0.25, -0.2) is 0 Å². The number of aryl methyl sites for hydroxylation is 2. The van der Waals surface area contributed by atoms with Crippen molar-refractivity contribution in [2.24, 2.45) is 7.05 Å². The first kappa shape index (κ1) is 10.2. The van der Waals surface area contributed by atoms with Gasteiger partial charge in [0.05, 0.1) is 11.8 Å². The van der Waals surface area contributed by atoms with Crippen LogP contribution in [0.2, 0.25) is 0 Å². The van der Waals surface area contributed by atoms with Crippen LogP contribution in [0, 0.1) is 6.92 Å². The number of nitrogens with zero attached hydrogens (tertiary/aromatic N) is 3. The Balaban J connectivity index is 2.17. The molecule has 1 aliphatic rings. The van der Waals surface area contributed by atoms with Gasteiger partial charge in [0.25, 0.3) is 5.91 Å². The Morgan fingerprint density at radius 2 is 2.40 bits per heavy atom. The molecule has 82 valence electrons. The average molecular weight is 209 g/mol. The maximum absolute atomic E-state index is 12.0. The monoisotopic (exact) mass is 209 g/mol. The largest absolute Gasteiger partial charge is 0.391 e. The van der Waals surface area contributed by atoms with Crippen LogP contribution in [0.4, 0.5) is 0 Å². The number of carbonyl (C=O) groups excluding carboxylic acids is 1. The van der Waals surface area contributed by atoms with E-state index in [1.807, 2.05) is 6.92 Å². The summed E-state index contributed by atoms with van der Waals surface area (Å²) in [5.74, 6) is -0.0466. The lowest BCUT2D eigenvalue weighted by Gasteiger charge is -2.14. The summed E-state index contributed by atoms with van der Waals surface area (Å²) in [5.41, 5.74) is 1.42. The van der Waals surface area contributed by atoms with Gasteiger partial charge in [0, 0.05) is 20.1 Å². The van der Waals surface area contributed by atoms with E-state index in [0.29, 0.717) is 25.2 Å². The summed E-state index contributed by atoms with van der Waals surface area (Å²) in [7, 11) is 1.76. The Bertz CT molecular complexity index is 386. The van der Waals surface area contributed by atoms with Crippen molar-refractivity contribution >= 4 is 5.91 Å². The maximum atomic E-state index is 12.0. The first-order valence-corrected chi connectivity index (χ1v) is 5.06. The van der Waals surface area contributed by atoms with E-state index in [4.69, 9.17) is 0 Å². The molecular weight excluding hydrogens is 194 g/mol. The third kappa shape index (κ3) is 1.87. The van der Waals surface area contributed by atoms with Gasteiger partial charge in [-0.05, 0) is 19.4 Å². The van der Waals surface area contributed by atoms with Crippen molar-refractivity contribution in [3.05, 3.63) is 17.5 Å². The summed E-state index contributed by atoms with van der Waals surface area (Å²) in [6, 6.07) is 1.77. The molecule has 1 fully saturated rings. The fraction of sp³-hybridized carbons (Fsp3) is 0.600. The summed E-state index contributed by atoms with van der Waals surface area (Å²) < 4.78 is 1.59. The van der Waals surface area contributed by atoms with E-state index in [2.05, 4.69) is 5.10 Å². The second kappa shape index (κ2) is 3.66. The van der Waals surface area contributed by atoms with Crippen LogP contribution in [0.15, 0.2) is 6.07 Å². The molecule has 1 amide bonds. The third-order valence-electron chi connectivity index (χ3n) is 2.67. The number of aromatic nitrogens is 2. The molecule has 0 aliphatic carbocycles. The number of rotatable bonds is 1. The van der Waals surface area contributed by atoms with E-state index >= 15 is 0 Å². The van der Waals surface area contributed by atoms with Gasteiger partial charge in [-0.2, -0.15) is 5.10 Å². The molecule has 15 heavy (non-hydrogen) atoms. The van der Waals surface area contributed by atoms with Crippen LogP contribution in [0.1, 0.15) is 22.6 Å². The summed E-state index contributed by atoms with van der Waals surface area (Å²) in [6.07, 6.45) is 0.297. The van der Waals surface area contributed by atoms with Crippen molar-refractivity contribution < 1.29 is 9.90 Å². The number of likely N-dealkylation sites (tertiary alicyclic amines) is 1. The van der Waals surface area contributed by atoms with Crippen LogP contribution in [-0.4, -0.2) is 44.9 Å². The van der Waals surface area contributed by atoms with E-state index in [1.54, 1.807) is 22.7 Å². The van der Waals surface area contributed by atoms with Crippen molar-refractivity contribution in [3.63, 3.8) is 0 Å². The highest BCUT2D eigenvalue weighted by Gasteiger charge is 2.27. The molecule has 1 aromatic rings. The smallest absolute Gasteiger partial charge is 0.272 e. The first-order valence-electron chi connectivity index (χ1n) is 5.06. The number of hydrogen-bond acceptors (Lipinski definition) is 3. The van der Waals surface area contributed by atoms with Gasteiger partial charge in [0.2, 0.25) is 0 Å². The van der Waals surface area contributed by atoms with Gasteiger partial charge in [-0.15, -0.1) is 0 Å². The topological polar surface area (TPSA) is 58.4 Å². The first-order chi connectivity index (χ1) is 7.08. The molecule has 2 rings (SSSR count). The van der Waals surface area contributed by atoms with E-state index in [1.165, 1.54) is 0 Å². The Kier molecular flexibility index (Phi) is 2.48. The molecule has 0 saturated carbocycles. The van der Waals surface area contributed by atoms with Crippen LogP contribution in [0.3, 0.4) is 0 Å². The van der Waals surface area contributed by atoms with E-state index in [-0.39, 0.29) is 12.0 Å². The van der Waals surface area contributed by atoms with Crippen LogP contribution in [-0.2, 0) is 7.05 Å². The Morgan fingerprint density at radius 1 is 1.67 bits per heavy atom. The fourth-order valence-corrected chi connectivity index (χ4v) is 1.90. The normalized spacial score (nSPS) is 21.0. The predicted octanol–water partition coefficient (Wildman–Crippen LogP) is -0.0647. The number of carbonyl (C=O) groups is 1. The van der Waals surface area contributed by atoms with Crippen LogP contribution in [0.5, 0.6) is 0 Å². The quantitative estimate of drug-likeness (QED) is 0.704. The lowest BCUT2D eigenvalue weighted by molar-refractivity contribution is 0.0754. The highest BCUT2D eigenvalue weighted by molar-refractivity contribution is 5.92. The minimum atomic E-state index is -0.372. The van der Waals surface area contributed by atoms with Gasteiger partial charge in [-0.1, -0.05) is 0 Å². The molecule has 5 heteroatoms. The average Bonchev–Trinajstić information content (AvgIpc) is 2.71. The summed E-state index contributed by atoms with van der Waals surface area (Å²) in [4.78, 5) is 13.6. The molecule has 5 nitrogen and oxygen atoms in total. The molecule has 1 atom stereocenters. The van der Waals surface area contributed by atoms with E-state index in [0.717, 1.165) is 5.69 Å². The molecule has 1 saturated heterocycles. The summed E-state index contributed by atoms with van der Waals surface area (Å²) in [6.45, 7) is 2.92. The number of aliphatic hydroxyl groups is 1. The Morgan fingerprint density at radius 3 is 2.87 bits per heavy atom. The number of β-amino-alcohol motifs (C(OH)–C–C–N with tert-alkyl or cyclic N) is 1. The molecule has 2 heterocycles. The molecular formula is C10H15N3O2. The van der Waals surface area contributed by atoms with Crippen molar-refractivity contribution in [2.45, 2.75) is 19.4 Å². The fourth-order valence-electron chi connectivity index (χ4n) is 1.90. The van der Waals surface area contributed by atoms with Gasteiger partial charge in [0.1, 0.15) is 5.69 Å². The van der Waals surface area contributed by atoms with Gasteiger partial charge >= 0.3 is 0 Å². The Labute approximate surface area is 88.3 Å². The Hall–Kier alpha value is -1.36. The molecule has 0 radical (unpaired) electrons. The van der Waals surface area contributed by atoms with Crippen LogP contribution >= 0.6 is 0 Å². The van der Waals surface area contributed by atoms with Crippen LogP contribution in [0.25, 0.3) is 0 Å². The van der Waals surface area contributed by atoms with Crippen molar-refractivity contribution in [2.75, 3.05) is 13.1 Å². The number of amides is 1. The predicted molar refractivity (Wildman–Crippen MR) is 54.5 cm³/mol. The zero-order valence-electron chi connectivity index (χ0n) is 8.97. The SMILES string of the molecule is Cc1cc(C(=O)N2CC[C@@H](O)C2)n(C)n1. The van der Waals surface area contributed by atoms with E-state index < -0.39 is 0 Å². The third-order valence-corrected chi connectivity index (χ3v) is 2.67. The number of aliphatic hydroxyl groups excluding tert-OH is 1. The lowest BCUT2D eigenvalue weighted by Crippen LogP contribution is -2.31. The zero-order chi connectivity index (χ0) is 11.0. The second-order valence-corrected chi connectivity index (χ2v) is 3.99. The molecule has 0 bridgehead atoms. The maximum Gasteiger partial charge on any atom is 0.272 e. The molecule has 0 aromatic carbocycles. The van der Waals surface area contributed by atoms with Gasteiger partial charge in [0.15, 0.2) is 0 Å².